The van der Waals surface area contributed by atoms with Crippen molar-refractivity contribution < 1.29 is 9.53 Å². The molecule has 2 aromatic rings. The molecule has 0 amide bonds. The van der Waals surface area contributed by atoms with E-state index in [2.05, 4.69) is 38.7 Å². The van der Waals surface area contributed by atoms with Gasteiger partial charge in [0.25, 0.3) is 0 Å². The number of hydrogen-bond acceptors (Lipinski definition) is 5. The number of carbonyl (C=O) groups is 1. The minimum Gasteiger partial charge on any atom is -0.462 e. The Morgan fingerprint density at radius 2 is 2.15 bits per heavy atom. The van der Waals surface area contributed by atoms with Crippen LogP contribution in [0, 0.1) is 0 Å². The summed E-state index contributed by atoms with van der Waals surface area (Å²) in [6, 6.07) is 8.25. The van der Waals surface area contributed by atoms with Gasteiger partial charge in [0.1, 0.15) is 6.04 Å². The van der Waals surface area contributed by atoms with Gasteiger partial charge in [0.15, 0.2) is 0 Å². The number of likely N-dealkylation sites (tertiary alicyclic amines) is 1. The van der Waals surface area contributed by atoms with Gasteiger partial charge in [-0.1, -0.05) is 18.2 Å². The van der Waals surface area contributed by atoms with E-state index in [-0.39, 0.29) is 24.2 Å². The Morgan fingerprint density at radius 3 is 2.89 bits per heavy atom. The van der Waals surface area contributed by atoms with Gasteiger partial charge in [-0.3, -0.25) is 9.69 Å². The maximum Gasteiger partial charge on any atom is 0.324 e. The fourth-order valence-electron chi connectivity index (χ4n) is 4.22. The monoisotopic (exact) mass is 368 g/mol. The first-order valence-electron chi connectivity index (χ1n) is 9.86. The Kier molecular flexibility index (Phi) is 5.02. The van der Waals surface area contributed by atoms with E-state index in [1.54, 1.807) is 0 Å². The number of benzene rings is 1. The third-order valence-corrected chi connectivity index (χ3v) is 5.54. The first-order valence-corrected chi connectivity index (χ1v) is 9.86. The standard InChI is InChI=1S/C21H28N4O2/c1-14(2)27-21(26)20(24-10-9-16(22)12-24)11-17-19-8-7-15-5-3-4-6-18(15)25(19)13-23-17/h3-6,13-14,16,20H,7-12,22H2,1-2H3. The van der Waals surface area contributed by atoms with Crippen LogP contribution in [0.25, 0.3) is 5.69 Å². The largest absolute Gasteiger partial charge is 0.462 e. The number of imidazole rings is 1. The number of carbonyl (C=O) groups excluding carboxylic acids is 1. The van der Waals surface area contributed by atoms with Gasteiger partial charge in [-0.15, -0.1) is 0 Å². The van der Waals surface area contributed by atoms with E-state index in [9.17, 15) is 4.79 Å². The normalized spacial score (nSPS) is 20.4. The molecule has 6 nitrogen and oxygen atoms in total. The smallest absolute Gasteiger partial charge is 0.324 e. The topological polar surface area (TPSA) is 73.4 Å². The van der Waals surface area contributed by atoms with Gasteiger partial charge in [-0.2, -0.15) is 0 Å². The van der Waals surface area contributed by atoms with Crippen LogP contribution in [0.3, 0.4) is 0 Å². The van der Waals surface area contributed by atoms with Gasteiger partial charge in [-0.25, -0.2) is 4.98 Å². The first kappa shape index (κ1) is 18.2. The number of rotatable bonds is 5. The first-order chi connectivity index (χ1) is 13.0. The summed E-state index contributed by atoms with van der Waals surface area (Å²) in [7, 11) is 0. The van der Waals surface area contributed by atoms with Crippen molar-refractivity contribution in [1.29, 1.82) is 0 Å². The van der Waals surface area contributed by atoms with E-state index in [0.717, 1.165) is 38.0 Å². The van der Waals surface area contributed by atoms with Crippen LogP contribution in [0.5, 0.6) is 0 Å². The summed E-state index contributed by atoms with van der Waals surface area (Å²) in [6.45, 7) is 5.34. The lowest BCUT2D eigenvalue weighted by Crippen LogP contribution is -2.44. The van der Waals surface area contributed by atoms with Gasteiger partial charge in [-0.05, 0) is 44.7 Å². The molecule has 1 aromatic heterocycles. The van der Waals surface area contributed by atoms with Crippen LogP contribution in [0.2, 0.25) is 0 Å². The van der Waals surface area contributed by atoms with E-state index in [1.165, 1.54) is 16.9 Å². The predicted octanol–water partition coefficient (Wildman–Crippen LogP) is 1.87. The van der Waals surface area contributed by atoms with Gasteiger partial charge < -0.3 is 15.0 Å². The molecule has 2 atom stereocenters. The Labute approximate surface area is 160 Å². The summed E-state index contributed by atoms with van der Waals surface area (Å²) in [4.78, 5) is 19.7. The lowest BCUT2D eigenvalue weighted by molar-refractivity contribution is -0.153. The molecule has 6 heteroatoms. The summed E-state index contributed by atoms with van der Waals surface area (Å²) < 4.78 is 7.73. The SMILES string of the molecule is CC(C)OC(=O)C(Cc1ncn2c1CCc1ccccc1-2)N1CCC(N)C1. The summed E-state index contributed by atoms with van der Waals surface area (Å²) in [5, 5.41) is 0. The van der Waals surface area contributed by atoms with Crippen LogP contribution in [0.4, 0.5) is 0 Å². The number of hydrogen-bond donors (Lipinski definition) is 1. The number of nitrogens with two attached hydrogens (primary N) is 1. The molecule has 0 saturated carbocycles. The highest BCUT2D eigenvalue weighted by atomic mass is 16.5. The van der Waals surface area contributed by atoms with E-state index in [1.807, 2.05) is 20.2 Å². The van der Waals surface area contributed by atoms with E-state index in [4.69, 9.17) is 10.5 Å². The zero-order chi connectivity index (χ0) is 19.0. The molecule has 2 unspecified atom stereocenters. The Bertz CT molecular complexity index is 829. The second-order valence-corrected chi connectivity index (χ2v) is 7.89. The van der Waals surface area contributed by atoms with Crippen molar-refractivity contribution in [1.82, 2.24) is 14.5 Å². The summed E-state index contributed by atoms with van der Waals surface area (Å²) in [5.41, 5.74) is 10.8. The molecule has 1 aromatic carbocycles. The zero-order valence-electron chi connectivity index (χ0n) is 16.1. The number of para-hydroxylation sites is 1. The fourth-order valence-corrected chi connectivity index (χ4v) is 4.22. The average Bonchev–Trinajstić information content (AvgIpc) is 3.25. The molecule has 144 valence electrons. The maximum absolute atomic E-state index is 12.8. The van der Waals surface area contributed by atoms with Crippen molar-refractivity contribution in [3.8, 4) is 5.69 Å². The molecule has 0 radical (unpaired) electrons. The molecule has 27 heavy (non-hydrogen) atoms. The third kappa shape index (κ3) is 3.64. The van der Waals surface area contributed by atoms with Crippen molar-refractivity contribution in [2.75, 3.05) is 13.1 Å². The van der Waals surface area contributed by atoms with Crippen LogP contribution >= 0.6 is 0 Å². The zero-order valence-corrected chi connectivity index (χ0v) is 16.1. The lowest BCUT2D eigenvalue weighted by Gasteiger charge is -2.27. The molecule has 4 rings (SSSR count). The van der Waals surface area contributed by atoms with E-state index in [0.29, 0.717) is 6.42 Å². The predicted molar refractivity (Wildman–Crippen MR) is 104 cm³/mol. The van der Waals surface area contributed by atoms with Crippen LogP contribution in [0.15, 0.2) is 30.6 Å². The second kappa shape index (κ2) is 7.44. The van der Waals surface area contributed by atoms with Crippen LogP contribution in [0.1, 0.15) is 37.2 Å². The molecule has 0 aliphatic carbocycles. The van der Waals surface area contributed by atoms with Gasteiger partial charge >= 0.3 is 5.97 Å². The molecule has 3 heterocycles. The second-order valence-electron chi connectivity index (χ2n) is 7.89. The molecule has 0 spiro atoms. The highest BCUT2D eigenvalue weighted by Gasteiger charge is 2.34. The van der Waals surface area contributed by atoms with Crippen molar-refractivity contribution in [2.24, 2.45) is 5.73 Å². The molecular formula is C21H28N4O2. The molecule has 2 aliphatic heterocycles. The number of fused-ring (bicyclic) bond motifs is 3. The Morgan fingerprint density at radius 1 is 1.33 bits per heavy atom. The summed E-state index contributed by atoms with van der Waals surface area (Å²) in [6.07, 6.45) is 5.20. The van der Waals surface area contributed by atoms with Crippen LogP contribution in [-0.4, -0.2) is 51.7 Å². The lowest BCUT2D eigenvalue weighted by atomic mass is 9.98. The third-order valence-electron chi connectivity index (χ3n) is 5.54. The molecular weight excluding hydrogens is 340 g/mol. The highest BCUT2D eigenvalue weighted by Crippen LogP contribution is 2.28. The van der Waals surface area contributed by atoms with Gasteiger partial charge in [0.2, 0.25) is 0 Å². The Hall–Kier alpha value is -2.18. The summed E-state index contributed by atoms with van der Waals surface area (Å²) in [5.74, 6) is -0.169. The number of nitrogens with zero attached hydrogens (tertiary/aromatic N) is 3. The van der Waals surface area contributed by atoms with Crippen molar-refractivity contribution in [3.63, 3.8) is 0 Å². The molecule has 1 saturated heterocycles. The molecule has 1 fully saturated rings. The van der Waals surface area contributed by atoms with Gasteiger partial charge in [0.05, 0.1) is 18.1 Å². The van der Waals surface area contributed by atoms with Crippen LogP contribution in [-0.2, 0) is 28.8 Å². The quantitative estimate of drug-likeness (QED) is 0.816. The number of aromatic nitrogens is 2. The Balaban J connectivity index is 1.61. The fraction of sp³-hybridized carbons (Fsp3) is 0.524. The van der Waals surface area contributed by atoms with E-state index >= 15 is 0 Å². The average molecular weight is 368 g/mol. The van der Waals surface area contributed by atoms with Crippen molar-refractivity contribution in [2.45, 2.75) is 57.7 Å². The summed E-state index contributed by atoms with van der Waals surface area (Å²) >= 11 is 0. The van der Waals surface area contributed by atoms with Crippen molar-refractivity contribution >= 4 is 5.97 Å². The highest BCUT2D eigenvalue weighted by molar-refractivity contribution is 5.76. The van der Waals surface area contributed by atoms with Crippen molar-refractivity contribution in [3.05, 3.63) is 47.5 Å². The minimum absolute atomic E-state index is 0.126. The number of aryl methyl sites for hydroxylation is 1. The van der Waals surface area contributed by atoms with Crippen LogP contribution < -0.4 is 5.73 Å². The maximum atomic E-state index is 12.8. The number of ether oxygens (including phenoxy) is 1. The van der Waals surface area contributed by atoms with Gasteiger partial charge in [0, 0.05) is 36.9 Å². The molecule has 2 N–H and O–H groups in total. The van der Waals surface area contributed by atoms with E-state index < -0.39 is 0 Å². The molecule has 0 bridgehead atoms. The molecule has 2 aliphatic rings. The minimum atomic E-state index is -0.322. The number of esters is 1.